The molecule has 1 aliphatic rings. The first-order valence-electron chi connectivity index (χ1n) is 11.6. The number of carbonyl (C=O) groups excluding carboxylic acids is 1. The molecule has 0 spiro atoms. The molecule has 0 bridgehead atoms. The average molecular weight is 509 g/mol. The van der Waals surface area contributed by atoms with E-state index in [0.717, 1.165) is 11.1 Å². The Morgan fingerprint density at radius 3 is 2.81 bits per heavy atom. The third-order valence-corrected chi connectivity index (χ3v) is 6.40. The number of ether oxygens (including phenoxy) is 3. The maximum Gasteiger partial charge on any atom is 0.326 e. The highest BCUT2D eigenvalue weighted by Gasteiger charge is 2.24. The number of fused-ring (bicyclic) bond motifs is 1. The molecule has 0 saturated carbocycles. The van der Waals surface area contributed by atoms with Gasteiger partial charge >= 0.3 is 5.97 Å². The molecule has 3 aromatic rings. The molecule has 0 saturated heterocycles. The van der Waals surface area contributed by atoms with Crippen molar-refractivity contribution in [3.63, 3.8) is 0 Å². The van der Waals surface area contributed by atoms with E-state index in [-0.39, 0.29) is 12.7 Å². The van der Waals surface area contributed by atoms with Crippen LogP contribution in [0.2, 0.25) is 0 Å². The largest absolute Gasteiger partial charge is 0.490 e. The molecule has 36 heavy (non-hydrogen) atoms. The first kappa shape index (κ1) is 25.4. The van der Waals surface area contributed by atoms with E-state index in [0.29, 0.717) is 47.3 Å². The van der Waals surface area contributed by atoms with E-state index >= 15 is 0 Å². The molecule has 1 aliphatic heterocycles. The fraction of sp³-hybridized carbons (Fsp3) is 0.296. The van der Waals surface area contributed by atoms with E-state index in [4.69, 9.17) is 14.2 Å². The summed E-state index contributed by atoms with van der Waals surface area (Å²) in [7, 11) is 0. The van der Waals surface area contributed by atoms with Crippen LogP contribution in [0.15, 0.2) is 60.8 Å². The number of aromatic nitrogens is 1. The van der Waals surface area contributed by atoms with E-state index in [1.165, 1.54) is 11.8 Å². The molecule has 0 radical (unpaired) electrons. The lowest BCUT2D eigenvalue weighted by Gasteiger charge is -2.25. The first-order valence-corrected chi connectivity index (χ1v) is 13.0. The minimum absolute atomic E-state index is 0.239. The van der Waals surface area contributed by atoms with Crippen LogP contribution in [0.5, 0.6) is 17.4 Å². The number of amides is 1. The van der Waals surface area contributed by atoms with Crippen molar-refractivity contribution in [2.45, 2.75) is 25.5 Å². The molecule has 9 heteroatoms. The Labute approximate surface area is 214 Å². The van der Waals surface area contributed by atoms with Gasteiger partial charge in [-0.15, -0.1) is 0 Å². The second-order valence-electron chi connectivity index (χ2n) is 8.34. The number of carbonyl (C=O) groups is 2. The number of nitrogens with zero attached hydrogens (tertiary/aromatic N) is 1. The summed E-state index contributed by atoms with van der Waals surface area (Å²) in [5.41, 5.74) is 2.88. The van der Waals surface area contributed by atoms with Crippen molar-refractivity contribution in [3.05, 3.63) is 71.9 Å². The second-order valence-corrected chi connectivity index (χ2v) is 9.32. The van der Waals surface area contributed by atoms with Gasteiger partial charge in [0.05, 0.1) is 0 Å². The number of benzene rings is 2. The second kappa shape index (κ2) is 11.8. The van der Waals surface area contributed by atoms with Gasteiger partial charge in [0, 0.05) is 11.8 Å². The van der Waals surface area contributed by atoms with E-state index in [1.54, 1.807) is 36.5 Å². The monoisotopic (exact) mass is 508 g/mol. The smallest absolute Gasteiger partial charge is 0.326 e. The molecule has 2 heterocycles. The van der Waals surface area contributed by atoms with Crippen LogP contribution in [-0.2, 0) is 4.79 Å². The number of hydrogen-bond donors (Lipinski definition) is 2. The van der Waals surface area contributed by atoms with Crippen molar-refractivity contribution in [2.75, 3.05) is 25.2 Å². The van der Waals surface area contributed by atoms with Gasteiger partial charge in [-0.25, -0.2) is 9.78 Å². The number of nitrogens with one attached hydrogen (secondary N) is 1. The Bertz CT molecular complexity index is 1230. The van der Waals surface area contributed by atoms with Crippen LogP contribution >= 0.6 is 11.8 Å². The van der Waals surface area contributed by atoms with Crippen molar-refractivity contribution in [1.82, 2.24) is 10.3 Å². The molecular weight excluding hydrogens is 480 g/mol. The zero-order valence-electron chi connectivity index (χ0n) is 20.1. The number of hydrogen-bond acceptors (Lipinski definition) is 7. The molecule has 8 nitrogen and oxygen atoms in total. The lowest BCUT2D eigenvalue weighted by atomic mass is 9.95. The number of carboxylic acid groups (broad SMARTS) is 1. The highest BCUT2D eigenvalue weighted by Crippen LogP contribution is 2.32. The van der Waals surface area contributed by atoms with Gasteiger partial charge in [-0.1, -0.05) is 24.3 Å². The van der Waals surface area contributed by atoms with E-state index < -0.39 is 17.9 Å². The minimum Gasteiger partial charge on any atom is -0.490 e. The lowest BCUT2D eigenvalue weighted by molar-refractivity contribution is -0.139. The van der Waals surface area contributed by atoms with Gasteiger partial charge in [-0.2, -0.15) is 11.8 Å². The van der Waals surface area contributed by atoms with Crippen LogP contribution in [0.1, 0.15) is 22.3 Å². The highest BCUT2D eigenvalue weighted by molar-refractivity contribution is 7.98. The average Bonchev–Trinajstić information content (AvgIpc) is 2.89. The van der Waals surface area contributed by atoms with Gasteiger partial charge in [-0.05, 0) is 72.4 Å². The number of aryl methyl sites for hydroxylation is 1. The number of rotatable bonds is 10. The standard InChI is InChI=1S/C27H28N2O6S/c1-17-6-3-4-7-20(17)22-14-18(33-15-19-16-34-26-24(35-19)8-5-12-28-26)9-10-21(22)25(30)29-23(27(31)32)11-13-36-2/h3-10,12,14,19,23H,11,13,15-16H2,1-2H3,(H,29,30)(H,31,32)/t19-,23-/m1/s1. The molecule has 2 aromatic carbocycles. The topological polar surface area (TPSA) is 107 Å². The fourth-order valence-corrected chi connectivity index (χ4v) is 4.34. The van der Waals surface area contributed by atoms with Crippen molar-refractivity contribution in [2.24, 2.45) is 0 Å². The van der Waals surface area contributed by atoms with E-state index in [2.05, 4.69) is 10.3 Å². The molecular formula is C27H28N2O6S. The highest BCUT2D eigenvalue weighted by atomic mass is 32.2. The van der Waals surface area contributed by atoms with Crippen molar-refractivity contribution < 1.29 is 28.9 Å². The minimum atomic E-state index is -1.05. The van der Waals surface area contributed by atoms with E-state index in [9.17, 15) is 14.7 Å². The summed E-state index contributed by atoms with van der Waals surface area (Å²) in [4.78, 5) is 29.0. The summed E-state index contributed by atoms with van der Waals surface area (Å²) in [5.74, 6) is 0.718. The van der Waals surface area contributed by atoms with Crippen molar-refractivity contribution in [3.8, 4) is 28.5 Å². The maximum atomic E-state index is 13.2. The molecule has 1 amide bonds. The van der Waals surface area contributed by atoms with Crippen LogP contribution in [0.25, 0.3) is 11.1 Å². The Hall–Kier alpha value is -3.72. The predicted molar refractivity (Wildman–Crippen MR) is 138 cm³/mol. The normalized spacial score (nSPS) is 15.1. The number of thioether (sulfide) groups is 1. The summed E-state index contributed by atoms with van der Waals surface area (Å²) in [6, 6.07) is 15.5. The van der Waals surface area contributed by atoms with Crippen molar-refractivity contribution in [1.29, 1.82) is 0 Å². The molecule has 0 aliphatic carbocycles. The lowest BCUT2D eigenvalue weighted by Crippen LogP contribution is -2.41. The summed E-state index contributed by atoms with van der Waals surface area (Å²) < 4.78 is 17.6. The molecule has 0 unspecified atom stereocenters. The van der Waals surface area contributed by atoms with E-state index in [1.807, 2.05) is 37.4 Å². The maximum absolute atomic E-state index is 13.2. The Morgan fingerprint density at radius 1 is 1.19 bits per heavy atom. The van der Waals surface area contributed by atoms with Gasteiger partial charge < -0.3 is 24.6 Å². The van der Waals surface area contributed by atoms with Crippen molar-refractivity contribution >= 4 is 23.6 Å². The Balaban J connectivity index is 1.55. The van der Waals surface area contributed by atoms with Gasteiger partial charge in [0.1, 0.15) is 25.0 Å². The molecule has 188 valence electrons. The molecule has 4 rings (SSSR count). The zero-order valence-corrected chi connectivity index (χ0v) is 20.9. The molecule has 0 fully saturated rings. The predicted octanol–water partition coefficient (Wildman–Crippen LogP) is 4.21. The van der Waals surface area contributed by atoms with Gasteiger partial charge in [0.15, 0.2) is 11.9 Å². The summed E-state index contributed by atoms with van der Waals surface area (Å²) in [5, 5.41) is 12.2. The van der Waals surface area contributed by atoms with Crippen LogP contribution in [0, 0.1) is 6.92 Å². The Morgan fingerprint density at radius 2 is 2.03 bits per heavy atom. The van der Waals surface area contributed by atoms with Crippen LogP contribution in [-0.4, -0.2) is 59.3 Å². The van der Waals surface area contributed by atoms with Gasteiger partial charge in [0.2, 0.25) is 0 Å². The quantitative estimate of drug-likeness (QED) is 0.419. The summed E-state index contributed by atoms with van der Waals surface area (Å²) >= 11 is 1.53. The Kier molecular flexibility index (Phi) is 8.32. The third-order valence-electron chi connectivity index (χ3n) is 5.76. The van der Waals surface area contributed by atoms with Gasteiger partial charge in [-0.3, -0.25) is 4.79 Å². The molecule has 2 atom stereocenters. The first-order chi connectivity index (χ1) is 17.5. The number of aliphatic carboxylic acids is 1. The van der Waals surface area contributed by atoms with Crippen LogP contribution in [0.4, 0.5) is 0 Å². The van der Waals surface area contributed by atoms with Gasteiger partial charge in [0.25, 0.3) is 11.8 Å². The number of pyridine rings is 1. The zero-order chi connectivity index (χ0) is 25.5. The van der Waals surface area contributed by atoms with Crippen LogP contribution in [0.3, 0.4) is 0 Å². The van der Waals surface area contributed by atoms with Crippen LogP contribution < -0.4 is 19.5 Å². The summed E-state index contributed by atoms with van der Waals surface area (Å²) in [6.45, 7) is 2.51. The summed E-state index contributed by atoms with van der Waals surface area (Å²) in [6.07, 6.45) is 3.56. The third kappa shape index (κ3) is 6.09. The SMILES string of the molecule is CSCC[C@@H](NC(=O)c1ccc(OC[C@@H]2COc3ncccc3O2)cc1-c1ccccc1C)C(=O)O. The molecule has 2 N–H and O–H groups in total. The number of carboxylic acids is 1. The molecule has 1 aromatic heterocycles. The fourth-order valence-electron chi connectivity index (χ4n) is 3.87.